The van der Waals surface area contributed by atoms with Gasteiger partial charge in [-0.3, -0.25) is 9.89 Å². The average molecular weight is 491 g/mol. The monoisotopic (exact) mass is 491 g/mol. The maximum absolute atomic E-state index is 13.3. The summed E-state index contributed by atoms with van der Waals surface area (Å²) in [6.45, 7) is 1.12. The number of halogens is 4. The standard InChI is InChI=1S/C23H21F4N5O3/c24-17-3-1-15(18(8-17)23(25,26)27)12-35-22(34)31-6-5-14-9-32(11-16(14)10-31)21(33)13-2-4-19-20(7-13)29-30-28-19/h1-4,7-8,14,16H,5-6,9-12H2,(H,28,29,30). The number of amides is 2. The highest BCUT2D eigenvalue weighted by Gasteiger charge is 2.41. The predicted octanol–water partition coefficient (Wildman–Crippen LogP) is 3.85. The number of nitrogens with zero attached hydrogens (tertiary/aromatic N) is 4. The third-order valence-corrected chi connectivity index (χ3v) is 6.65. The molecule has 2 fully saturated rings. The molecule has 0 saturated carbocycles. The molecule has 1 aromatic heterocycles. The van der Waals surface area contributed by atoms with Gasteiger partial charge in [-0.25, -0.2) is 9.18 Å². The van der Waals surface area contributed by atoms with Crippen molar-refractivity contribution in [3.63, 3.8) is 0 Å². The molecule has 2 amide bonds. The Bertz CT molecular complexity index is 1280. The van der Waals surface area contributed by atoms with Crippen molar-refractivity contribution in [2.45, 2.75) is 19.2 Å². The Morgan fingerprint density at radius 1 is 1.06 bits per heavy atom. The van der Waals surface area contributed by atoms with Crippen LogP contribution in [-0.2, 0) is 17.5 Å². The van der Waals surface area contributed by atoms with Crippen molar-refractivity contribution >= 4 is 23.0 Å². The van der Waals surface area contributed by atoms with Gasteiger partial charge < -0.3 is 14.5 Å². The van der Waals surface area contributed by atoms with E-state index in [0.29, 0.717) is 49.7 Å². The third kappa shape index (κ3) is 4.64. The van der Waals surface area contributed by atoms with Gasteiger partial charge in [-0.15, -0.1) is 5.10 Å². The van der Waals surface area contributed by atoms with Crippen LogP contribution in [0.15, 0.2) is 36.4 Å². The molecule has 0 aliphatic carbocycles. The van der Waals surface area contributed by atoms with Crippen molar-refractivity contribution in [2.75, 3.05) is 26.2 Å². The average Bonchev–Trinajstić information content (AvgIpc) is 3.47. The Morgan fingerprint density at radius 2 is 1.83 bits per heavy atom. The number of hydrogen-bond acceptors (Lipinski definition) is 5. The summed E-state index contributed by atoms with van der Waals surface area (Å²) in [4.78, 5) is 28.8. The van der Waals surface area contributed by atoms with E-state index in [1.165, 1.54) is 4.90 Å². The molecule has 2 aliphatic heterocycles. The predicted molar refractivity (Wildman–Crippen MR) is 115 cm³/mol. The van der Waals surface area contributed by atoms with Gasteiger partial charge in [0.2, 0.25) is 0 Å². The highest BCUT2D eigenvalue weighted by molar-refractivity contribution is 5.97. The van der Waals surface area contributed by atoms with Crippen LogP contribution in [0.5, 0.6) is 0 Å². The first-order valence-corrected chi connectivity index (χ1v) is 11.1. The minimum absolute atomic E-state index is 0.0348. The van der Waals surface area contributed by atoms with E-state index in [9.17, 15) is 27.2 Å². The minimum atomic E-state index is -4.76. The molecule has 8 nitrogen and oxygen atoms in total. The maximum Gasteiger partial charge on any atom is 0.416 e. The molecule has 2 aromatic carbocycles. The van der Waals surface area contributed by atoms with Crippen LogP contribution >= 0.6 is 0 Å². The summed E-state index contributed by atoms with van der Waals surface area (Å²) in [5.41, 5.74) is 0.340. The highest BCUT2D eigenvalue weighted by atomic mass is 19.4. The molecule has 184 valence electrons. The molecule has 0 bridgehead atoms. The number of piperidine rings is 1. The first-order valence-electron chi connectivity index (χ1n) is 11.1. The third-order valence-electron chi connectivity index (χ3n) is 6.65. The lowest BCUT2D eigenvalue weighted by Crippen LogP contribution is -2.43. The lowest BCUT2D eigenvalue weighted by atomic mass is 9.89. The molecular weight excluding hydrogens is 470 g/mol. The SMILES string of the molecule is O=C(OCc1ccc(F)cc1C(F)(F)F)N1CCC2CN(C(=O)c3ccc4[nH]nnc4c3)CC2C1. The van der Waals surface area contributed by atoms with Crippen LogP contribution in [0.3, 0.4) is 0 Å². The summed E-state index contributed by atoms with van der Waals surface area (Å²) >= 11 is 0. The number of nitrogens with one attached hydrogen (secondary N) is 1. The van der Waals surface area contributed by atoms with Crippen LogP contribution in [0.4, 0.5) is 22.4 Å². The second-order valence-electron chi connectivity index (χ2n) is 8.86. The number of carbonyl (C=O) groups is 2. The van der Waals surface area contributed by atoms with E-state index in [1.54, 1.807) is 23.1 Å². The number of rotatable bonds is 3. The molecule has 3 aromatic rings. The van der Waals surface area contributed by atoms with Crippen molar-refractivity contribution in [3.05, 3.63) is 58.9 Å². The Labute approximate surface area is 196 Å². The first-order chi connectivity index (χ1) is 16.7. The fourth-order valence-corrected chi connectivity index (χ4v) is 4.83. The van der Waals surface area contributed by atoms with E-state index in [0.717, 1.165) is 17.6 Å². The lowest BCUT2D eigenvalue weighted by molar-refractivity contribution is -0.138. The minimum Gasteiger partial charge on any atom is -0.445 e. The number of fused-ring (bicyclic) bond motifs is 2. The Hall–Kier alpha value is -3.70. The molecule has 2 saturated heterocycles. The fourth-order valence-electron chi connectivity index (χ4n) is 4.83. The van der Waals surface area contributed by atoms with Gasteiger partial charge >= 0.3 is 12.3 Å². The molecular formula is C23H21F4N5O3. The Morgan fingerprint density at radius 3 is 2.63 bits per heavy atom. The number of H-pyrrole nitrogens is 1. The zero-order chi connectivity index (χ0) is 24.7. The molecule has 2 atom stereocenters. The number of likely N-dealkylation sites (tertiary alicyclic amines) is 2. The van der Waals surface area contributed by atoms with Crippen molar-refractivity contribution in [2.24, 2.45) is 11.8 Å². The summed E-state index contributed by atoms with van der Waals surface area (Å²) < 4.78 is 58.0. The van der Waals surface area contributed by atoms with Gasteiger partial charge in [-0.05, 0) is 48.6 Å². The van der Waals surface area contributed by atoms with Gasteiger partial charge in [-0.2, -0.15) is 13.2 Å². The second-order valence-corrected chi connectivity index (χ2v) is 8.86. The van der Waals surface area contributed by atoms with Crippen LogP contribution in [0, 0.1) is 17.7 Å². The number of carbonyl (C=O) groups excluding carboxylic acids is 2. The summed E-state index contributed by atoms with van der Waals surface area (Å²) in [5, 5.41) is 10.4. The van der Waals surface area contributed by atoms with Gasteiger partial charge in [0.15, 0.2) is 0 Å². The quantitative estimate of drug-likeness (QED) is 0.562. The van der Waals surface area contributed by atoms with E-state index in [2.05, 4.69) is 15.4 Å². The van der Waals surface area contributed by atoms with E-state index < -0.39 is 30.3 Å². The summed E-state index contributed by atoms with van der Waals surface area (Å²) in [5.74, 6) is -0.898. The molecule has 2 aliphatic rings. The van der Waals surface area contributed by atoms with Gasteiger partial charge in [0.1, 0.15) is 17.9 Å². The smallest absolute Gasteiger partial charge is 0.416 e. The summed E-state index contributed by atoms with van der Waals surface area (Å²) in [6.07, 6.45) is -4.85. The molecule has 0 spiro atoms. The van der Waals surface area contributed by atoms with Gasteiger partial charge in [0.05, 0.1) is 11.1 Å². The van der Waals surface area contributed by atoms with Gasteiger partial charge in [-0.1, -0.05) is 11.3 Å². The van der Waals surface area contributed by atoms with E-state index in [4.69, 9.17) is 4.74 Å². The maximum atomic E-state index is 13.3. The van der Waals surface area contributed by atoms with Crippen molar-refractivity contribution in [1.29, 1.82) is 0 Å². The molecule has 12 heteroatoms. The van der Waals surface area contributed by atoms with E-state index in [1.807, 2.05) is 0 Å². The number of ether oxygens (including phenoxy) is 1. The van der Waals surface area contributed by atoms with Crippen LogP contribution in [-0.4, -0.2) is 63.4 Å². The Kier molecular flexibility index (Phi) is 5.81. The fraction of sp³-hybridized carbons (Fsp3) is 0.391. The molecule has 3 heterocycles. The molecule has 1 N–H and O–H groups in total. The number of aromatic amines is 1. The van der Waals surface area contributed by atoms with Crippen molar-refractivity contribution in [1.82, 2.24) is 25.2 Å². The van der Waals surface area contributed by atoms with Gasteiger partial charge in [0, 0.05) is 37.3 Å². The van der Waals surface area contributed by atoms with Crippen molar-refractivity contribution < 1.29 is 31.9 Å². The highest BCUT2D eigenvalue weighted by Crippen LogP contribution is 2.34. The molecule has 2 unspecified atom stereocenters. The summed E-state index contributed by atoms with van der Waals surface area (Å²) in [6, 6.07) is 7.38. The largest absolute Gasteiger partial charge is 0.445 e. The molecule has 5 rings (SSSR count). The lowest BCUT2D eigenvalue weighted by Gasteiger charge is -2.33. The zero-order valence-corrected chi connectivity index (χ0v) is 18.4. The second kappa shape index (κ2) is 8.82. The number of benzene rings is 2. The van der Waals surface area contributed by atoms with Crippen LogP contribution < -0.4 is 0 Å². The molecule has 0 radical (unpaired) electrons. The van der Waals surface area contributed by atoms with Crippen LogP contribution in [0.1, 0.15) is 27.9 Å². The zero-order valence-electron chi connectivity index (χ0n) is 18.4. The summed E-state index contributed by atoms with van der Waals surface area (Å²) in [7, 11) is 0. The van der Waals surface area contributed by atoms with Gasteiger partial charge in [0.25, 0.3) is 5.91 Å². The number of alkyl halides is 3. The Balaban J connectivity index is 1.20. The normalized spacial score (nSPS) is 20.2. The van der Waals surface area contributed by atoms with Crippen LogP contribution in [0.2, 0.25) is 0 Å². The first kappa shape index (κ1) is 23.1. The van der Waals surface area contributed by atoms with E-state index in [-0.39, 0.29) is 23.3 Å². The topological polar surface area (TPSA) is 91.4 Å². The van der Waals surface area contributed by atoms with Crippen molar-refractivity contribution in [3.8, 4) is 0 Å². The van der Waals surface area contributed by atoms with E-state index >= 15 is 0 Å². The molecule has 35 heavy (non-hydrogen) atoms. The van der Waals surface area contributed by atoms with Crippen LogP contribution in [0.25, 0.3) is 11.0 Å². The number of hydrogen-bond donors (Lipinski definition) is 1. The number of aromatic nitrogens is 3.